The number of fused-ring (bicyclic) bond motifs is 1. The Morgan fingerprint density at radius 2 is 1.85 bits per heavy atom. The van der Waals surface area contributed by atoms with Crippen molar-refractivity contribution in [1.29, 1.82) is 0 Å². The van der Waals surface area contributed by atoms with Crippen LogP contribution in [0.3, 0.4) is 0 Å². The molecule has 1 fully saturated rings. The SMILES string of the molecule is Cc1sc2ncn(CC(=O)Nc3ccc(C(F)(F)F)cc3)c(=O)c2c1S(=O)(=O)N1CCOCC1. The maximum absolute atomic E-state index is 13.2. The van der Waals surface area contributed by atoms with Crippen LogP contribution in [0, 0.1) is 6.92 Å². The van der Waals surface area contributed by atoms with Gasteiger partial charge in [-0.3, -0.25) is 14.2 Å². The number of nitrogens with one attached hydrogen (secondary N) is 1. The normalized spacial score (nSPS) is 15.5. The number of anilines is 1. The first-order chi connectivity index (χ1) is 16.0. The molecule has 2 aromatic heterocycles. The fraction of sp³-hybridized carbons (Fsp3) is 0.350. The van der Waals surface area contributed by atoms with Crippen molar-refractivity contribution in [1.82, 2.24) is 13.9 Å². The quantitative estimate of drug-likeness (QED) is 0.558. The van der Waals surface area contributed by atoms with Crippen molar-refractivity contribution in [3.05, 3.63) is 51.4 Å². The summed E-state index contributed by atoms with van der Waals surface area (Å²) in [4.78, 5) is 30.2. The van der Waals surface area contributed by atoms with E-state index in [1.54, 1.807) is 6.92 Å². The van der Waals surface area contributed by atoms with Crippen molar-refractivity contribution in [2.24, 2.45) is 0 Å². The molecule has 34 heavy (non-hydrogen) atoms. The van der Waals surface area contributed by atoms with Gasteiger partial charge in [-0.2, -0.15) is 17.5 Å². The fourth-order valence-corrected chi connectivity index (χ4v) is 6.63. The predicted molar refractivity (Wildman–Crippen MR) is 118 cm³/mol. The number of carbonyl (C=O) groups is 1. The average Bonchev–Trinajstić information content (AvgIpc) is 3.13. The molecule has 9 nitrogen and oxygen atoms in total. The lowest BCUT2D eigenvalue weighted by atomic mass is 10.2. The molecule has 0 atom stereocenters. The van der Waals surface area contributed by atoms with Crippen LogP contribution in [0.4, 0.5) is 18.9 Å². The Balaban J connectivity index is 1.62. The van der Waals surface area contributed by atoms with Crippen LogP contribution in [0.15, 0.2) is 40.3 Å². The number of hydrogen-bond donors (Lipinski definition) is 1. The number of sulfonamides is 1. The van der Waals surface area contributed by atoms with Crippen LogP contribution in [0.2, 0.25) is 0 Å². The molecule has 0 radical (unpaired) electrons. The van der Waals surface area contributed by atoms with Crippen LogP contribution in [-0.4, -0.2) is 54.5 Å². The van der Waals surface area contributed by atoms with Crippen LogP contribution in [0.25, 0.3) is 10.2 Å². The molecule has 0 unspecified atom stereocenters. The molecular weight excluding hydrogens is 497 g/mol. The maximum Gasteiger partial charge on any atom is 0.416 e. The number of carbonyl (C=O) groups excluding carboxylic acids is 1. The first kappa shape index (κ1) is 24.3. The molecule has 182 valence electrons. The first-order valence-corrected chi connectivity index (χ1v) is 12.3. The minimum atomic E-state index is -4.51. The minimum Gasteiger partial charge on any atom is -0.379 e. The van der Waals surface area contributed by atoms with E-state index in [4.69, 9.17) is 4.74 Å². The van der Waals surface area contributed by atoms with Crippen molar-refractivity contribution >= 4 is 43.2 Å². The van der Waals surface area contributed by atoms with Gasteiger partial charge in [0.2, 0.25) is 15.9 Å². The van der Waals surface area contributed by atoms with Gasteiger partial charge in [-0.1, -0.05) is 0 Å². The molecule has 3 heterocycles. The third-order valence-electron chi connectivity index (χ3n) is 5.18. The largest absolute Gasteiger partial charge is 0.416 e. The average molecular weight is 517 g/mol. The summed E-state index contributed by atoms with van der Waals surface area (Å²) in [5, 5.41) is 2.32. The van der Waals surface area contributed by atoms with Crippen molar-refractivity contribution in [2.45, 2.75) is 24.5 Å². The summed E-state index contributed by atoms with van der Waals surface area (Å²) >= 11 is 1.06. The second-order valence-corrected chi connectivity index (χ2v) is 10.6. The summed E-state index contributed by atoms with van der Waals surface area (Å²) < 4.78 is 72.0. The number of benzene rings is 1. The van der Waals surface area contributed by atoms with Gasteiger partial charge in [0.05, 0.1) is 30.5 Å². The molecule has 1 N–H and O–H groups in total. The van der Waals surface area contributed by atoms with Gasteiger partial charge < -0.3 is 10.1 Å². The molecule has 0 bridgehead atoms. The van der Waals surface area contributed by atoms with E-state index in [0.717, 1.165) is 46.5 Å². The zero-order valence-corrected chi connectivity index (χ0v) is 19.4. The van der Waals surface area contributed by atoms with E-state index < -0.39 is 39.8 Å². The number of rotatable bonds is 5. The summed E-state index contributed by atoms with van der Waals surface area (Å²) in [5.74, 6) is -0.687. The lowest BCUT2D eigenvalue weighted by Gasteiger charge is -2.26. The smallest absolute Gasteiger partial charge is 0.379 e. The van der Waals surface area contributed by atoms with Gasteiger partial charge in [0.1, 0.15) is 16.3 Å². The number of aryl methyl sites for hydroxylation is 1. The number of hydrogen-bond acceptors (Lipinski definition) is 7. The molecule has 1 saturated heterocycles. The Labute approximate surface area is 195 Å². The summed E-state index contributed by atoms with van der Waals surface area (Å²) in [6, 6.07) is 3.85. The number of halogens is 3. The molecule has 4 rings (SSSR count). The molecule has 0 saturated carbocycles. The monoisotopic (exact) mass is 516 g/mol. The van der Waals surface area contributed by atoms with Crippen molar-refractivity contribution in [2.75, 3.05) is 31.6 Å². The van der Waals surface area contributed by atoms with Crippen LogP contribution >= 0.6 is 11.3 Å². The van der Waals surface area contributed by atoms with E-state index in [9.17, 15) is 31.2 Å². The highest BCUT2D eigenvalue weighted by Gasteiger charge is 2.33. The van der Waals surface area contributed by atoms with Gasteiger partial charge in [0.15, 0.2) is 0 Å². The number of amides is 1. The molecule has 0 spiro atoms. The molecular formula is C20H19F3N4O5S2. The third kappa shape index (κ3) is 4.71. The Bertz CT molecular complexity index is 1390. The first-order valence-electron chi connectivity index (χ1n) is 10.0. The molecule has 14 heteroatoms. The molecule has 0 aliphatic carbocycles. The van der Waals surface area contributed by atoms with Crippen LogP contribution in [0.5, 0.6) is 0 Å². The van der Waals surface area contributed by atoms with Gasteiger partial charge >= 0.3 is 6.18 Å². The zero-order chi connectivity index (χ0) is 24.7. The third-order valence-corrected chi connectivity index (χ3v) is 8.39. The van der Waals surface area contributed by atoms with Gasteiger partial charge in [-0.15, -0.1) is 11.3 Å². The zero-order valence-electron chi connectivity index (χ0n) is 17.8. The number of aromatic nitrogens is 2. The second kappa shape index (κ2) is 9.09. The lowest BCUT2D eigenvalue weighted by Crippen LogP contribution is -2.41. The summed E-state index contributed by atoms with van der Waals surface area (Å²) in [6.45, 7) is 1.88. The summed E-state index contributed by atoms with van der Waals surface area (Å²) in [5.41, 5.74) is -1.45. The van der Waals surface area contributed by atoms with Crippen molar-refractivity contribution in [3.63, 3.8) is 0 Å². The number of ether oxygens (including phenoxy) is 1. The summed E-state index contributed by atoms with van der Waals surface area (Å²) in [6.07, 6.45) is -3.37. The molecule has 3 aromatic rings. The maximum atomic E-state index is 13.2. The highest BCUT2D eigenvalue weighted by atomic mass is 32.2. The Kier molecular flexibility index (Phi) is 6.50. The Hall–Kier alpha value is -2.81. The summed E-state index contributed by atoms with van der Waals surface area (Å²) in [7, 11) is -3.99. The van der Waals surface area contributed by atoms with Gasteiger partial charge in [0, 0.05) is 23.7 Å². The molecule has 1 aromatic carbocycles. The van der Waals surface area contributed by atoms with E-state index in [1.165, 1.54) is 4.31 Å². The fourth-order valence-electron chi connectivity index (χ4n) is 3.55. The van der Waals surface area contributed by atoms with Crippen molar-refractivity contribution in [3.8, 4) is 0 Å². The van der Waals surface area contributed by atoms with Gasteiger partial charge in [0.25, 0.3) is 5.56 Å². The molecule has 1 amide bonds. The van der Waals surface area contributed by atoms with E-state index >= 15 is 0 Å². The Morgan fingerprint density at radius 3 is 2.47 bits per heavy atom. The second-order valence-electron chi connectivity index (χ2n) is 7.48. The van der Waals surface area contributed by atoms with Gasteiger partial charge in [-0.05, 0) is 31.2 Å². The molecule has 1 aliphatic heterocycles. The van der Waals surface area contributed by atoms with E-state index in [-0.39, 0.29) is 47.1 Å². The number of morpholine rings is 1. The highest BCUT2D eigenvalue weighted by molar-refractivity contribution is 7.89. The minimum absolute atomic E-state index is 0.0983. The van der Waals surface area contributed by atoms with E-state index in [2.05, 4.69) is 10.3 Å². The number of thiophene rings is 1. The standard InChI is InChI=1S/C20H19F3N4O5S2/c1-12-17(34(30,31)27-6-8-32-9-7-27)16-18(33-12)24-11-26(19(16)29)10-15(28)25-14-4-2-13(3-5-14)20(21,22)23/h2-5,11H,6-10H2,1H3,(H,25,28). The van der Waals surface area contributed by atoms with Crippen LogP contribution < -0.4 is 10.9 Å². The topological polar surface area (TPSA) is 111 Å². The molecule has 1 aliphatic rings. The van der Waals surface area contributed by atoms with E-state index in [0.29, 0.717) is 4.88 Å². The van der Waals surface area contributed by atoms with E-state index in [1.807, 2.05) is 0 Å². The van der Waals surface area contributed by atoms with Gasteiger partial charge in [-0.25, -0.2) is 13.4 Å². The van der Waals surface area contributed by atoms with Crippen LogP contribution in [-0.2, 0) is 32.3 Å². The van der Waals surface area contributed by atoms with Crippen molar-refractivity contribution < 1.29 is 31.1 Å². The lowest BCUT2D eigenvalue weighted by molar-refractivity contribution is -0.137. The predicted octanol–water partition coefficient (Wildman–Crippen LogP) is 2.44. The van der Waals surface area contributed by atoms with Crippen LogP contribution in [0.1, 0.15) is 10.4 Å². The number of alkyl halides is 3. The highest BCUT2D eigenvalue weighted by Crippen LogP contribution is 2.33. The Morgan fingerprint density at radius 1 is 1.21 bits per heavy atom. The number of nitrogens with zero attached hydrogens (tertiary/aromatic N) is 3.